The average Bonchev–Trinajstić information content (AvgIpc) is 3.11. The number of aromatic nitrogens is 2. The fourth-order valence-electron chi connectivity index (χ4n) is 3.37. The van der Waals surface area contributed by atoms with E-state index in [1.54, 1.807) is 54.3 Å². The summed E-state index contributed by atoms with van der Waals surface area (Å²) in [5.41, 5.74) is 1.44. The minimum Gasteiger partial charge on any atom is -0.495 e. The van der Waals surface area contributed by atoms with Gasteiger partial charge in [-0.2, -0.15) is 8.78 Å². The van der Waals surface area contributed by atoms with E-state index in [1.165, 1.54) is 7.11 Å². The van der Waals surface area contributed by atoms with Crippen LogP contribution < -0.4 is 10.1 Å². The van der Waals surface area contributed by atoms with Crippen molar-refractivity contribution < 1.29 is 18.3 Å². The molecule has 154 valence electrons. The van der Waals surface area contributed by atoms with Crippen LogP contribution in [0.5, 0.6) is 5.75 Å². The Morgan fingerprint density at radius 3 is 2.59 bits per heavy atom. The Morgan fingerprint density at radius 2 is 1.90 bits per heavy atom. The molecule has 29 heavy (non-hydrogen) atoms. The number of rotatable bonds is 8. The summed E-state index contributed by atoms with van der Waals surface area (Å²) in [5.74, 6) is 0.521. The number of halogens is 2. The van der Waals surface area contributed by atoms with Crippen LogP contribution in [0.1, 0.15) is 32.3 Å². The fraction of sp³-hybridized carbons (Fsp3) is 0.333. The third kappa shape index (κ3) is 4.37. The van der Waals surface area contributed by atoms with Crippen LogP contribution in [0.15, 0.2) is 48.5 Å². The molecule has 0 saturated heterocycles. The third-order valence-electron chi connectivity index (χ3n) is 4.87. The second-order valence-electron chi connectivity index (χ2n) is 6.59. The normalized spacial score (nSPS) is 12.5. The number of imidazole rings is 1. The molecular formula is C21H24F2N4O2. The molecule has 0 saturated carbocycles. The molecule has 1 unspecified atom stereocenters. The van der Waals surface area contributed by atoms with Crippen molar-refractivity contribution in [2.75, 3.05) is 25.5 Å². The van der Waals surface area contributed by atoms with Crippen molar-refractivity contribution in [1.82, 2.24) is 14.5 Å². The van der Waals surface area contributed by atoms with Gasteiger partial charge < -0.3 is 10.1 Å². The molecule has 1 amide bonds. The first-order chi connectivity index (χ1) is 14.0. The maximum Gasteiger partial charge on any atom is 0.320 e. The van der Waals surface area contributed by atoms with Crippen LogP contribution in [0.25, 0.3) is 11.0 Å². The fourth-order valence-corrected chi connectivity index (χ4v) is 3.37. The Bertz CT molecular complexity index is 990. The Morgan fingerprint density at radius 1 is 1.21 bits per heavy atom. The zero-order valence-corrected chi connectivity index (χ0v) is 16.6. The number of likely N-dealkylation sites (N-methyl/N-ethyl adjacent to an activating group) is 1. The quantitative estimate of drug-likeness (QED) is 0.604. The number of hydrogen-bond donors (Lipinski definition) is 1. The van der Waals surface area contributed by atoms with Crippen LogP contribution in [0.4, 0.5) is 14.5 Å². The highest BCUT2D eigenvalue weighted by molar-refractivity contribution is 5.93. The second kappa shape index (κ2) is 9.00. The SMILES string of the molecule is CCN(CC(=O)Nc1ccccc1OC)C(C)c1nc2ccccc2n1C(F)F. The van der Waals surface area contributed by atoms with Crippen molar-refractivity contribution in [3.8, 4) is 5.75 Å². The van der Waals surface area contributed by atoms with Crippen molar-refractivity contribution in [2.24, 2.45) is 0 Å². The number of fused-ring (bicyclic) bond motifs is 1. The van der Waals surface area contributed by atoms with Crippen molar-refractivity contribution in [2.45, 2.75) is 26.4 Å². The van der Waals surface area contributed by atoms with E-state index in [0.29, 0.717) is 29.0 Å². The van der Waals surface area contributed by atoms with Gasteiger partial charge in [0.05, 0.1) is 36.4 Å². The largest absolute Gasteiger partial charge is 0.495 e. The Balaban J connectivity index is 1.82. The van der Waals surface area contributed by atoms with E-state index in [2.05, 4.69) is 10.3 Å². The molecule has 1 atom stereocenters. The lowest BCUT2D eigenvalue weighted by molar-refractivity contribution is -0.117. The molecule has 0 aliphatic heterocycles. The van der Waals surface area contributed by atoms with E-state index < -0.39 is 12.6 Å². The lowest BCUT2D eigenvalue weighted by Gasteiger charge is -2.27. The number of para-hydroxylation sites is 4. The van der Waals surface area contributed by atoms with E-state index in [-0.39, 0.29) is 18.3 Å². The molecule has 3 rings (SSSR count). The molecule has 1 heterocycles. The summed E-state index contributed by atoms with van der Waals surface area (Å²) in [7, 11) is 1.53. The molecule has 1 aromatic heterocycles. The van der Waals surface area contributed by atoms with Crippen molar-refractivity contribution in [1.29, 1.82) is 0 Å². The molecule has 1 N–H and O–H groups in total. The van der Waals surface area contributed by atoms with Gasteiger partial charge in [-0.15, -0.1) is 0 Å². The molecule has 0 spiro atoms. The van der Waals surface area contributed by atoms with Crippen molar-refractivity contribution >= 4 is 22.6 Å². The summed E-state index contributed by atoms with van der Waals surface area (Å²) < 4.78 is 33.7. The maximum atomic E-state index is 13.8. The van der Waals surface area contributed by atoms with Crippen LogP contribution >= 0.6 is 0 Å². The van der Waals surface area contributed by atoms with E-state index in [4.69, 9.17) is 4.74 Å². The maximum absolute atomic E-state index is 13.8. The van der Waals surface area contributed by atoms with Crippen LogP contribution in [0.2, 0.25) is 0 Å². The van der Waals surface area contributed by atoms with Crippen LogP contribution in [0.3, 0.4) is 0 Å². The molecule has 0 bridgehead atoms. The Hall–Kier alpha value is -3.00. The van der Waals surface area contributed by atoms with Gasteiger partial charge in [0.2, 0.25) is 5.91 Å². The second-order valence-corrected chi connectivity index (χ2v) is 6.59. The summed E-state index contributed by atoms with van der Waals surface area (Å²) >= 11 is 0. The number of nitrogens with zero attached hydrogens (tertiary/aromatic N) is 3. The minimum atomic E-state index is -2.72. The summed E-state index contributed by atoms with van der Waals surface area (Å²) in [4.78, 5) is 18.8. The van der Waals surface area contributed by atoms with E-state index >= 15 is 0 Å². The Kier molecular flexibility index (Phi) is 6.43. The van der Waals surface area contributed by atoms with E-state index in [1.807, 2.05) is 13.0 Å². The van der Waals surface area contributed by atoms with E-state index in [9.17, 15) is 13.6 Å². The number of ether oxygens (including phenoxy) is 1. The molecule has 2 aromatic carbocycles. The summed E-state index contributed by atoms with van der Waals surface area (Å²) in [6.07, 6.45) is 0. The molecule has 8 heteroatoms. The third-order valence-corrected chi connectivity index (χ3v) is 4.87. The monoisotopic (exact) mass is 402 g/mol. The average molecular weight is 402 g/mol. The van der Waals surface area contributed by atoms with Gasteiger partial charge in [-0.25, -0.2) is 4.98 Å². The van der Waals surface area contributed by atoms with Crippen LogP contribution in [-0.4, -0.2) is 40.6 Å². The minimum absolute atomic E-state index is 0.0299. The molecular weight excluding hydrogens is 378 g/mol. The number of carbonyl (C=O) groups excluding carboxylic acids is 1. The predicted octanol–water partition coefficient (Wildman–Crippen LogP) is 4.46. The van der Waals surface area contributed by atoms with Crippen molar-refractivity contribution in [3.05, 3.63) is 54.4 Å². The first kappa shape index (κ1) is 20.7. The summed E-state index contributed by atoms with van der Waals surface area (Å²) in [6.45, 7) is 1.46. The Labute approximate surface area is 168 Å². The zero-order valence-electron chi connectivity index (χ0n) is 16.6. The first-order valence-electron chi connectivity index (χ1n) is 9.38. The van der Waals surface area contributed by atoms with Gasteiger partial charge >= 0.3 is 6.55 Å². The molecule has 6 nitrogen and oxygen atoms in total. The summed E-state index contributed by atoms with van der Waals surface area (Å²) in [5, 5.41) is 2.82. The number of carbonyl (C=O) groups is 1. The highest BCUT2D eigenvalue weighted by atomic mass is 19.3. The smallest absolute Gasteiger partial charge is 0.320 e. The lowest BCUT2D eigenvalue weighted by Crippen LogP contribution is -2.36. The number of methoxy groups -OCH3 is 1. The summed E-state index contributed by atoms with van der Waals surface area (Å²) in [6, 6.07) is 13.4. The van der Waals surface area contributed by atoms with Crippen LogP contribution in [0, 0.1) is 0 Å². The van der Waals surface area contributed by atoms with Gasteiger partial charge in [0.15, 0.2) is 0 Å². The van der Waals surface area contributed by atoms with Gasteiger partial charge in [0, 0.05) is 0 Å². The predicted molar refractivity (Wildman–Crippen MR) is 108 cm³/mol. The molecule has 3 aromatic rings. The number of anilines is 1. The highest BCUT2D eigenvalue weighted by Crippen LogP contribution is 2.29. The first-order valence-corrected chi connectivity index (χ1v) is 9.38. The topological polar surface area (TPSA) is 59.4 Å². The number of hydrogen-bond acceptors (Lipinski definition) is 4. The number of nitrogens with one attached hydrogen (secondary N) is 1. The number of alkyl halides is 2. The van der Waals surface area contributed by atoms with Gasteiger partial charge in [0.1, 0.15) is 11.6 Å². The van der Waals surface area contributed by atoms with Gasteiger partial charge in [0.25, 0.3) is 0 Å². The van der Waals surface area contributed by atoms with Gasteiger partial charge in [-0.05, 0) is 37.7 Å². The highest BCUT2D eigenvalue weighted by Gasteiger charge is 2.26. The van der Waals surface area contributed by atoms with E-state index in [0.717, 1.165) is 4.57 Å². The standard InChI is InChI=1S/C21H24F2N4O2/c1-4-26(13-19(28)24-16-10-6-8-12-18(16)29-3)14(2)20-25-15-9-5-7-11-17(15)27(20)21(22)23/h5-12,14,21H,4,13H2,1-3H3,(H,24,28). The number of benzene rings is 2. The van der Waals surface area contributed by atoms with Gasteiger partial charge in [-0.3, -0.25) is 14.3 Å². The van der Waals surface area contributed by atoms with Gasteiger partial charge in [-0.1, -0.05) is 31.2 Å². The molecule has 0 aliphatic carbocycles. The van der Waals surface area contributed by atoms with Crippen LogP contribution in [-0.2, 0) is 4.79 Å². The lowest BCUT2D eigenvalue weighted by atomic mass is 10.2. The zero-order chi connectivity index (χ0) is 21.0. The molecule has 0 radical (unpaired) electrons. The van der Waals surface area contributed by atoms with Crippen molar-refractivity contribution in [3.63, 3.8) is 0 Å². The number of amides is 1. The molecule has 0 aliphatic rings. The molecule has 0 fully saturated rings.